The van der Waals surface area contributed by atoms with Crippen molar-refractivity contribution >= 4 is 29.1 Å². The van der Waals surface area contributed by atoms with Gasteiger partial charge in [-0.3, -0.25) is 4.98 Å². The number of pyridine rings is 1. The molecule has 7 heteroatoms. The van der Waals surface area contributed by atoms with Gasteiger partial charge in [-0.1, -0.05) is 36.0 Å². The lowest BCUT2D eigenvalue weighted by molar-refractivity contribution is 0.0812. The zero-order valence-electron chi connectivity index (χ0n) is 16.4. The number of hydrogen-bond donors (Lipinski definition) is 1. The second kappa shape index (κ2) is 8.79. The minimum atomic E-state index is -0.0687. The zero-order chi connectivity index (χ0) is 20.3. The van der Waals surface area contributed by atoms with Crippen LogP contribution in [0.25, 0.3) is 0 Å². The first-order valence-electron chi connectivity index (χ1n) is 10.2. The molecule has 3 atom stereocenters. The SMILES string of the molecule is S=C1N[C@H](c2ccccn2)[C@H](c2ccc(Sc3ccccc3)o2)N1C[C@@H]1CCCO1. The fraction of sp³-hybridized carbons (Fsp3) is 0.304. The van der Waals surface area contributed by atoms with Crippen LogP contribution in [-0.4, -0.2) is 34.3 Å². The molecule has 0 radical (unpaired) electrons. The Morgan fingerprint density at radius 2 is 1.97 bits per heavy atom. The van der Waals surface area contributed by atoms with Gasteiger partial charge in [0.25, 0.3) is 0 Å². The van der Waals surface area contributed by atoms with Gasteiger partial charge in [0.15, 0.2) is 10.2 Å². The molecule has 0 aliphatic carbocycles. The molecule has 2 fully saturated rings. The van der Waals surface area contributed by atoms with Crippen molar-refractivity contribution in [2.45, 2.75) is 41.0 Å². The molecule has 30 heavy (non-hydrogen) atoms. The highest BCUT2D eigenvalue weighted by Gasteiger charge is 2.42. The van der Waals surface area contributed by atoms with E-state index in [9.17, 15) is 0 Å². The van der Waals surface area contributed by atoms with Crippen LogP contribution in [0.15, 0.2) is 81.3 Å². The summed E-state index contributed by atoms with van der Waals surface area (Å²) >= 11 is 7.35. The molecule has 154 valence electrons. The number of rotatable bonds is 6. The van der Waals surface area contributed by atoms with Gasteiger partial charge in [-0.2, -0.15) is 0 Å². The number of hydrogen-bond acceptors (Lipinski definition) is 5. The van der Waals surface area contributed by atoms with Crippen LogP contribution >= 0.6 is 24.0 Å². The van der Waals surface area contributed by atoms with Crippen LogP contribution in [0.4, 0.5) is 0 Å². The van der Waals surface area contributed by atoms with Gasteiger partial charge in [-0.25, -0.2) is 0 Å². The molecule has 2 aliphatic rings. The van der Waals surface area contributed by atoms with E-state index in [1.807, 2.05) is 48.7 Å². The molecule has 3 aromatic rings. The van der Waals surface area contributed by atoms with E-state index in [-0.39, 0.29) is 18.2 Å². The van der Waals surface area contributed by atoms with Crippen molar-refractivity contribution in [2.75, 3.05) is 13.2 Å². The van der Waals surface area contributed by atoms with Crippen LogP contribution in [0.3, 0.4) is 0 Å². The van der Waals surface area contributed by atoms with Crippen LogP contribution in [0, 0.1) is 0 Å². The van der Waals surface area contributed by atoms with E-state index in [1.54, 1.807) is 11.8 Å². The quantitative estimate of drug-likeness (QED) is 0.546. The Kier molecular flexibility index (Phi) is 5.75. The summed E-state index contributed by atoms with van der Waals surface area (Å²) < 4.78 is 12.2. The van der Waals surface area contributed by atoms with E-state index in [1.165, 1.54) is 0 Å². The number of thiocarbonyl (C=S) groups is 1. The molecule has 4 heterocycles. The molecule has 2 aromatic heterocycles. The van der Waals surface area contributed by atoms with E-state index in [0.717, 1.165) is 52.5 Å². The summed E-state index contributed by atoms with van der Waals surface area (Å²) in [4.78, 5) is 7.94. The number of nitrogens with one attached hydrogen (secondary N) is 1. The van der Waals surface area contributed by atoms with Crippen LogP contribution in [-0.2, 0) is 4.74 Å². The minimum absolute atomic E-state index is 0.0678. The first-order chi connectivity index (χ1) is 14.8. The number of ether oxygens (including phenoxy) is 1. The van der Waals surface area contributed by atoms with E-state index < -0.39 is 0 Å². The van der Waals surface area contributed by atoms with Crippen LogP contribution in [0.5, 0.6) is 0 Å². The molecule has 0 unspecified atom stereocenters. The predicted molar refractivity (Wildman–Crippen MR) is 120 cm³/mol. The van der Waals surface area contributed by atoms with E-state index in [0.29, 0.717) is 0 Å². The van der Waals surface area contributed by atoms with Gasteiger partial charge in [-0.05, 0) is 61.5 Å². The average molecular weight is 438 g/mol. The Hall–Kier alpha value is -2.35. The maximum absolute atomic E-state index is 6.32. The molecule has 1 aromatic carbocycles. The summed E-state index contributed by atoms with van der Waals surface area (Å²) in [5.74, 6) is 0.884. The van der Waals surface area contributed by atoms with Crippen molar-refractivity contribution in [3.63, 3.8) is 0 Å². The average Bonchev–Trinajstić information content (AvgIpc) is 3.52. The van der Waals surface area contributed by atoms with Crippen molar-refractivity contribution in [3.05, 3.63) is 78.3 Å². The van der Waals surface area contributed by atoms with Gasteiger partial charge in [-0.15, -0.1) is 0 Å². The highest BCUT2D eigenvalue weighted by molar-refractivity contribution is 7.99. The van der Waals surface area contributed by atoms with Crippen LogP contribution < -0.4 is 5.32 Å². The number of aromatic nitrogens is 1. The zero-order valence-corrected chi connectivity index (χ0v) is 18.1. The summed E-state index contributed by atoms with van der Waals surface area (Å²) in [7, 11) is 0. The molecule has 5 rings (SSSR count). The van der Waals surface area contributed by atoms with Gasteiger partial charge < -0.3 is 19.4 Å². The number of benzene rings is 1. The third kappa shape index (κ3) is 4.10. The Balaban J connectivity index is 1.45. The Labute approximate surface area is 185 Å². The highest BCUT2D eigenvalue weighted by atomic mass is 32.2. The van der Waals surface area contributed by atoms with Gasteiger partial charge >= 0.3 is 0 Å². The molecular formula is C23H23N3O2S2. The van der Waals surface area contributed by atoms with E-state index >= 15 is 0 Å². The standard InChI is InChI=1S/C23H23N3O2S2/c29-23-25-21(18-10-4-5-13-24-18)22(26(23)15-16-7-6-14-27-16)19-11-12-20(28-19)30-17-8-2-1-3-9-17/h1-5,8-13,16,21-22H,6-7,14-15H2,(H,25,29)/t16-,21+,22-/m0/s1. The van der Waals surface area contributed by atoms with Crippen molar-refractivity contribution in [2.24, 2.45) is 0 Å². The lowest BCUT2D eigenvalue weighted by Crippen LogP contribution is -2.36. The van der Waals surface area contributed by atoms with Gasteiger partial charge in [0.1, 0.15) is 11.8 Å². The lowest BCUT2D eigenvalue weighted by atomic mass is 10.0. The third-order valence-corrected chi connectivity index (χ3v) is 6.76. The molecule has 5 nitrogen and oxygen atoms in total. The molecular weight excluding hydrogens is 414 g/mol. The van der Waals surface area contributed by atoms with E-state index in [4.69, 9.17) is 21.4 Å². The largest absolute Gasteiger partial charge is 0.452 e. The van der Waals surface area contributed by atoms with Gasteiger partial charge in [0.05, 0.1) is 17.8 Å². The fourth-order valence-electron chi connectivity index (χ4n) is 4.07. The second-order valence-electron chi connectivity index (χ2n) is 7.49. The maximum Gasteiger partial charge on any atom is 0.170 e. The topological polar surface area (TPSA) is 50.5 Å². The monoisotopic (exact) mass is 437 g/mol. The molecule has 2 saturated heterocycles. The molecule has 0 saturated carbocycles. The summed E-state index contributed by atoms with van der Waals surface area (Å²) in [5.41, 5.74) is 0.952. The molecule has 1 N–H and O–H groups in total. The highest BCUT2D eigenvalue weighted by Crippen LogP contribution is 2.41. The van der Waals surface area contributed by atoms with Crippen LogP contribution in [0.2, 0.25) is 0 Å². The normalized spacial score (nSPS) is 23.7. The van der Waals surface area contributed by atoms with Gasteiger partial charge in [0, 0.05) is 24.2 Å². The smallest absolute Gasteiger partial charge is 0.170 e. The van der Waals surface area contributed by atoms with Crippen molar-refractivity contribution < 1.29 is 9.15 Å². The summed E-state index contributed by atoms with van der Waals surface area (Å²) in [6.45, 7) is 1.58. The maximum atomic E-state index is 6.32. The second-order valence-corrected chi connectivity index (χ2v) is 8.95. The van der Waals surface area contributed by atoms with Crippen molar-refractivity contribution in [1.29, 1.82) is 0 Å². The molecule has 2 aliphatic heterocycles. The van der Waals surface area contributed by atoms with Gasteiger partial charge in [0.2, 0.25) is 0 Å². The van der Waals surface area contributed by atoms with Crippen LogP contribution in [0.1, 0.15) is 36.4 Å². The summed E-state index contributed by atoms with van der Waals surface area (Å²) in [5, 5.41) is 5.06. The molecule has 0 amide bonds. The Morgan fingerprint density at radius 3 is 2.73 bits per heavy atom. The van der Waals surface area contributed by atoms with E-state index in [2.05, 4.69) is 33.4 Å². The summed E-state index contributed by atoms with van der Waals surface area (Å²) in [6, 6.07) is 20.2. The summed E-state index contributed by atoms with van der Waals surface area (Å²) in [6.07, 6.45) is 4.18. The Morgan fingerprint density at radius 1 is 1.10 bits per heavy atom. The first-order valence-corrected chi connectivity index (χ1v) is 11.4. The third-order valence-electron chi connectivity index (χ3n) is 5.48. The fourth-order valence-corrected chi connectivity index (χ4v) is 5.19. The minimum Gasteiger partial charge on any atom is -0.452 e. The predicted octanol–water partition coefficient (Wildman–Crippen LogP) is 4.98. The molecule has 0 bridgehead atoms. The van der Waals surface area contributed by atoms with Crippen molar-refractivity contribution in [1.82, 2.24) is 15.2 Å². The number of nitrogens with zero attached hydrogens (tertiary/aromatic N) is 2. The van der Waals surface area contributed by atoms with Crippen molar-refractivity contribution in [3.8, 4) is 0 Å². The number of furan rings is 1. The lowest BCUT2D eigenvalue weighted by Gasteiger charge is -2.28. The Bertz CT molecular complexity index is 990. The first kappa shape index (κ1) is 19.6. The molecule has 0 spiro atoms.